The highest BCUT2D eigenvalue weighted by Crippen LogP contribution is 2.20. The third kappa shape index (κ3) is 3.11. The summed E-state index contributed by atoms with van der Waals surface area (Å²) in [6, 6.07) is 13.0. The molecule has 0 fully saturated rings. The average molecular weight is 308 g/mol. The normalized spacial score (nSPS) is 10.3. The number of carbonyl (C=O) groups is 2. The van der Waals surface area contributed by atoms with Gasteiger partial charge in [0.25, 0.3) is 5.91 Å². The van der Waals surface area contributed by atoms with Crippen molar-refractivity contribution in [2.45, 2.75) is 0 Å². The molecule has 0 aliphatic carbocycles. The number of nitrogens with zero attached hydrogens (tertiary/aromatic N) is 1. The Bertz CT molecular complexity index is 839. The lowest BCUT2D eigenvalue weighted by atomic mass is 10.1. The topological polar surface area (TPSA) is 92.4 Å². The molecule has 23 heavy (non-hydrogen) atoms. The van der Waals surface area contributed by atoms with Gasteiger partial charge in [0.05, 0.1) is 17.3 Å². The molecule has 6 heteroatoms. The van der Waals surface area contributed by atoms with Crippen LogP contribution in [0.1, 0.15) is 20.7 Å². The van der Waals surface area contributed by atoms with Crippen LogP contribution in [0.15, 0.2) is 65.4 Å². The summed E-state index contributed by atoms with van der Waals surface area (Å²) in [5, 5.41) is 11.8. The predicted molar refractivity (Wildman–Crippen MR) is 83.3 cm³/mol. The van der Waals surface area contributed by atoms with E-state index in [1.807, 2.05) is 0 Å². The van der Waals surface area contributed by atoms with Crippen LogP contribution in [0.2, 0.25) is 0 Å². The first-order valence-corrected chi connectivity index (χ1v) is 6.79. The van der Waals surface area contributed by atoms with Crippen molar-refractivity contribution < 1.29 is 19.1 Å². The van der Waals surface area contributed by atoms with Crippen molar-refractivity contribution in [2.75, 3.05) is 5.32 Å². The number of carboxylic acid groups (broad SMARTS) is 1. The summed E-state index contributed by atoms with van der Waals surface area (Å²) in [5.74, 6) is -1.14. The molecule has 6 nitrogen and oxygen atoms in total. The van der Waals surface area contributed by atoms with Crippen LogP contribution in [0.4, 0.5) is 5.69 Å². The van der Waals surface area contributed by atoms with Crippen molar-refractivity contribution >= 4 is 17.6 Å². The molecule has 114 valence electrons. The molecule has 0 spiro atoms. The second-order valence-corrected chi connectivity index (χ2v) is 4.72. The fourth-order valence-corrected chi connectivity index (χ4v) is 2.13. The minimum atomic E-state index is -1.14. The number of oxazole rings is 1. The Labute approximate surface area is 131 Å². The molecule has 0 unspecified atom stereocenters. The second-order valence-electron chi connectivity index (χ2n) is 4.72. The van der Waals surface area contributed by atoms with Crippen LogP contribution in [0.25, 0.3) is 11.5 Å². The Morgan fingerprint density at radius 1 is 1.00 bits per heavy atom. The van der Waals surface area contributed by atoms with E-state index >= 15 is 0 Å². The van der Waals surface area contributed by atoms with Gasteiger partial charge in [-0.25, -0.2) is 9.78 Å². The highest BCUT2D eigenvalue weighted by Gasteiger charge is 2.15. The number of anilines is 1. The van der Waals surface area contributed by atoms with Crippen LogP contribution < -0.4 is 5.32 Å². The molecule has 0 bridgehead atoms. The maximum Gasteiger partial charge on any atom is 0.336 e. The fourth-order valence-electron chi connectivity index (χ4n) is 2.13. The van der Waals surface area contributed by atoms with E-state index in [2.05, 4.69) is 10.3 Å². The molecule has 1 amide bonds. The van der Waals surface area contributed by atoms with Crippen LogP contribution in [0.5, 0.6) is 0 Å². The van der Waals surface area contributed by atoms with Crippen molar-refractivity contribution in [3.8, 4) is 11.5 Å². The van der Waals surface area contributed by atoms with Gasteiger partial charge in [0.1, 0.15) is 6.26 Å². The van der Waals surface area contributed by atoms with E-state index in [1.54, 1.807) is 42.6 Å². The average Bonchev–Trinajstić information content (AvgIpc) is 3.10. The smallest absolute Gasteiger partial charge is 0.336 e. The fraction of sp³-hybridized carbons (Fsp3) is 0. The Morgan fingerprint density at radius 2 is 1.70 bits per heavy atom. The molecular weight excluding hydrogens is 296 g/mol. The van der Waals surface area contributed by atoms with Gasteiger partial charge in [-0.3, -0.25) is 4.79 Å². The number of aromatic carboxylic acids is 1. The van der Waals surface area contributed by atoms with E-state index < -0.39 is 11.9 Å². The highest BCUT2D eigenvalue weighted by molar-refractivity contribution is 6.10. The standard InChI is InChI=1S/C17H12N2O4/c20-15(13-3-1-2-4-14(13)17(21)22)19-12-7-5-11(6-8-12)16-18-9-10-23-16/h1-10H,(H,19,20)(H,21,22). The van der Waals surface area contributed by atoms with Crippen molar-refractivity contribution in [1.82, 2.24) is 4.98 Å². The molecule has 0 aliphatic heterocycles. The van der Waals surface area contributed by atoms with Gasteiger partial charge in [0, 0.05) is 11.3 Å². The summed E-state index contributed by atoms with van der Waals surface area (Å²) in [4.78, 5) is 27.4. The van der Waals surface area contributed by atoms with E-state index in [-0.39, 0.29) is 11.1 Å². The molecule has 0 atom stereocenters. The summed E-state index contributed by atoms with van der Waals surface area (Å²) in [6.45, 7) is 0. The second kappa shape index (κ2) is 6.15. The van der Waals surface area contributed by atoms with Crippen molar-refractivity contribution in [2.24, 2.45) is 0 Å². The van der Waals surface area contributed by atoms with Gasteiger partial charge in [-0.05, 0) is 36.4 Å². The quantitative estimate of drug-likeness (QED) is 0.771. The van der Waals surface area contributed by atoms with Gasteiger partial charge in [0.15, 0.2) is 0 Å². The van der Waals surface area contributed by atoms with Gasteiger partial charge in [-0.2, -0.15) is 0 Å². The molecule has 1 heterocycles. The van der Waals surface area contributed by atoms with Crippen molar-refractivity contribution in [3.63, 3.8) is 0 Å². The molecule has 1 aromatic heterocycles. The lowest BCUT2D eigenvalue weighted by molar-refractivity contribution is 0.0692. The molecule has 0 saturated carbocycles. The number of carboxylic acids is 1. The molecule has 0 radical (unpaired) electrons. The van der Waals surface area contributed by atoms with Gasteiger partial charge in [0.2, 0.25) is 5.89 Å². The Kier molecular flexibility index (Phi) is 3.88. The maximum atomic E-state index is 12.2. The van der Waals surface area contributed by atoms with Crippen LogP contribution >= 0.6 is 0 Å². The van der Waals surface area contributed by atoms with Crippen molar-refractivity contribution in [1.29, 1.82) is 0 Å². The summed E-state index contributed by atoms with van der Waals surface area (Å²) in [6.07, 6.45) is 3.03. The minimum Gasteiger partial charge on any atom is -0.478 e. The van der Waals surface area contributed by atoms with E-state index in [0.717, 1.165) is 5.56 Å². The number of rotatable bonds is 4. The molecule has 0 aliphatic rings. The molecule has 2 aromatic carbocycles. The molecular formula is C17H12N2O4. The number of benzene rings is 2. The van der Waals surface area contributed by atoms with Gasteiger partial charge in [-0.1, -0.05) is 12.1 Å². The number of hydrogen-bond acceptors (Lipinski definition) is 4. The molecule has 3 rings (SSSR count). The number of hydrogen-bond donors (Lipinski definition) is 2. The lowest BCUT2D eigenvalue weighted by Gasteiger charge is -2.08. The van der Waals surface area contributed by atoms with Crippen LogP contribution in [-0.4, -0.2) is 22.0 Å². The Balaban J connectivity index is 1.80. The molecule has 3 aromatic rings. The summed E-state index contributed by atoms with van der Waals surface area (Å²) < 4.78 is 5.19. The lowest BCUT2D eigenvalue weighted by Crippen LogP contribution is -2.16. The van der Waals surface area contributed by atoms with E-state index in [4.69, 9.17) is 9.52 Å². The minimum absolute atomic E-state index is 0.0404. The summed E-state index contributed by atoms with van der Waals surface area (Å²) >= 11 is 0. The maximum absolute atomic E-state index is 12.2. The zero-order valence-electron chi connectivity index (χ0n) is 11.9. The third-order valence-electron chi connectivity index (χ3n) is 3.22. The van der Waals surface area contributed by atoms with E-state index in [1.165, 1.54) is 18.4 Å². The first-order valence-electron chi connectivity index (χ1n) is 6.79. The van der Waals surface area contributed by atoms with E-state index in [9.17, 15) is 9.59 Å². The summed E-state index contributed by atoms with van der Waals surface area (Å²) in [5.41, 5.74) is 1.39. The first-order chi connectivity index (χ1) is 11.1. The Morgan fingerprint density at radius 3 is 2.30 bits per heavy atom. The van der Waals surface area contributed by atoms with Gasteiger partial charge in [-0.15, -0.1) is 0 Å². The van der Waals surface area contributed by atoms with E-state index in [0.29, 0.717) is 11.6 Å². The largest absolute Gasteiger partial charge is 0.478 e. The Hall–Kier alpha value is -3.41. The monoisotopic (exact) mass is 308 g/mol. The van der Waals surface area contributed by atoms with Crippen LogP contribution in [0.3, 0.4) is 0 Å². The van der Waals surface area contributed by atoms with Crippen molar-refractivity contribution in [3.05, 3.63) is 72.1 Å². The zero-order valence-corrected chi connectivity index (χ0v) is 11.9. The number of aromatic nitrogens is 1. The molecule has 2 N–H and O–H groups in total. The predicted octanol–water partition coefficient (Wildman–Crippen LogP) is 3.29. The third-order valence-corrected chi connectivity index (χ3v) is 3.22. The zero-order chi connectivity index (χ0) is 16.2. The van der Waals surface area contributed by atoms with Crippen LogP contribution in [-0.2, 0) is 0 Å². The number of amides is 1. The molecule has 0 saturated heterocycles. The highest BCUT2D eigenvalue weighted by atomic mass is 16.4. The SMILES string of the molecule is O=C(O)c1ccccc1C(=O)Nc1ccc(-c2ncco2)cc1. The number of nitrogens with one attached hydrogen (secondary N) is 1. The summed E-state index contributed by atoms with van der Waals surface area (Å²) in [7, 11) is 0. The van der Waals surface area contributed by atoms with Crippen LogP contribution in [0, 0.1) is 0 Å². The van der Waals surface area contributed by atoms with Gasteiger partial charge < -0.3 is 14.8 Å². The first kappa shape index (κ1) is 14.5. The van der Waals surface area contributed by atoms with Gasteiger partial charge >= 0.3 is 5.97 Å². The number of carbonyl (C=O) groups excluding carboxylic acids is 1.